The van der Waals surface area contributed by atoms with Gasteiger partial charge in [0, 0.05) is 5.57 Å². The molecule has 0 aromatic rings. The molecule has 1 N–H and O–H groups in total. The number of hydrogen-bond acceptors (Lipinski definition) is 3. The fourth-order valence-electron chi connectivity index (χ4n) is 1.92. The van der Waals surface area contributed by atoms with Crippen molar-refractivity contribution in [3.8, 4) is 0 Å². The lowest BCUT2D eigenvalue weighted by molar-refractivity contribution is -0.132. The number of rotatable bonds is 10. The smallest absolute Gasteiger partial charge is 0.330 e. The molecular weight excluding hydrogens is 304 g/mol. The van der Waals surface area contributed by atoms with E-state index in [-0.39, 0.29) is 0 Å². The van der Waals surface area contributed by atoms with E-state index in [0.717, 1.165) is 19.3 Å². The van der Waals surface area contributed by atoms with E-state index in [1.165, 1.54) is 0 Å². The summed E-state index contributed by atoms with van der Waals surface area (Å²) in [4.78, 5) is 10.8. The van der Waals surface area contributed by atoms with Gasteiger partial charge in [-0.25, -0.2) is 4.79 Å². The molecule has 0 aliphatic rings. The van der Waals surface area contributed by atoms with Crippen LogP contribution in [0, 0.1) is 0 Å². The zero-order valence-corrected chi connectivity index (χ0v) is 17.1. The van der Waals surface area contributed by atoms with Gasteiger partial charge in [0.1, 0.15) is 0 Å². The Balaban J connectivity index is 4.57. The summed E-state index contributed by atoms with van der Waals surface area (Å²) in [6.07, 6.45) is 4.64. The number of hydrogen-bond donors (Lipinski definition) is 1. The Hall–Kier alpha value is -0.219. The second kappa shape index (κ2) is 10.5. The Morgan fingerprint density at radius 2 is 1.70 bits per heavy atom. The standard InChI is InChI=1S/C13H30O4Si3/c1-7-12(10-8-9-11(2)13(14)15)20(16-18(3)4)17-19(5)6/h9,12,18-20H,7-8,10H2,1-6H3,(H,14,15). The van der Waals surface area contributed by atoms with Gasteiger partial charge < -0.3 is 13.3 Å². The average molecular weight is 335 g/mol. The molecule has 1 unspecified atom stereocenters. The largest absolute Gasteiger partial charge is 0.478 e. The Morgan fingerprint density at radius 1 is 1.20 bits per heavy atom. The molecule has 0 heterocycles. The SMILES string of the molecule is CCC(CCC=C(C)C(=O)O)[SiH](O[SiH](C)C)O[SiH](C)C. The minimum atomic E-state index is -1.61. The molecule has 0 rings (SSSR count). The van der Waals surface area contributed by atoms with Gasteiger partial charge >= 0.3 is 15.3 Å². The Labute approximate surface area is 128 Å². The van der Waals surface area contributed by atoms with Crippen molar-refractivity contribution < 1.29 is 18.1 Å². The molecule has 0 saturated heterocycles. The summed E-state index contributed by atoms with van der Waals surface area (Å²) >= 11 is 0. The van der Waals surface area contributed by atoms with Crippen molar-refractivity contribution in [3.63, 3.8) is 0 Å². The minimum absolute atomic E-state index is 0.427. The summed E-state index contributed by atoms with van der Waals surface area (Å²) in [6, 6.07) is 0. The highest BCUT2D eigenvalue weighted by Crippen LogP contribution is 2.25. The van der Waals surface area contributed by atoms with Crippen LogP contribution in [0.5, 0.6) is 0 Å². The first-order chi connectivity index (χ1) is 9.27. The zero-order valence-electron chi connectivity index (χ0n) is 13.7. The van der Waals surface area contributed by atoms with Crippen molar-refractivity contribution in [2.45, 2.75) is 64.8 Å². The molecule has 0 saturated carbocycles. The summed E-state index contributed by atoms with van der Waals surface area (Å²) < 4.78 is 12.3. The normalized spacial score (nSPS) is 14.3. The molecule has 1 atom stereocenters. The van der Waals surface area contributed by atoms with E-state index in [9.17, 15) is 4.79 Å². The molecule has 0 aromatic carbocycles. The first kappa shape index (κ1) is 19.8. The molecule has 4 nitrogen and oxygen atoms in total. The van der Waals surface area contributed by atoms with Gasteiger partial charge in [-0.1, -0.05) is 19.4 Å². The average Bonchev–Trinajstić information content (AvgIpc) is 2.32. The topological polar surface area (TPSA) is 55.8 Å². The van der Waals surface area contributed by atoms with Gasteiger partial charge in [0.15, 0.2) is 18.1 Å². The van der Waals surface area contributed by atoms with Gasteiger partial charge in [0.05, 0.1) is 0 Å². The number of aliphatic carboxylic acids is 1. The van der Waals surface area contributed by atoms with Crippen LogP contribution in [-0.2, 0) is 13.0 Å². The number of carboxylic acids is 1. The molecule has 0 aliphatic heterocycles. The fourth-order valence-corrected chi connectivity index (χ4v) is 9.68. The van der Waals surface area contributed by atoms with Gasteiger partial charge in [0.2, 0.25) is 0 Å². The Bertz CT molecular complexity index is 309. The molecular formula is C13H30O4Si3. The second-order valence-corrected chi connectivity index (χ2v) is 13.7. The van der Waals surface area contributed by atoms with E-state index in [4.69, 9.17) is 13.3 Å². The summed E-state index contributed by atoms with van der Waals surface area (Å²) in [5.74, 6) is -0.830. The van der Waals surface area contributed by atoms with Crippen LogP contribution in [0.1, 0.15) is 33.1 Å². The van der Waals surface area contributed by atoms with Crippen molar-refractivity contribution in [2.24, 2.45) is 0 Å². The van der Waals surface area contributed by atoms with Crippen LogP contribution >= 0.6 is 0 Å². The Kier molecular flexibility index (Phi) is 10.4. The highest BCUT2D eigenvalue weighted by atomic mass is 28.4. The maximum absolute atomic E-state index is 10.8. The van der Waals surface area contributed by atoms with E-state index in [2.05, 4.69) is 33.1 Å². The van der Waals surface area contributed by atoms with Crippen LogP contribution in [0.4, 0.5) is 0 Å². The molecule has 0 spiro atoms. The number of carboxylic acid groups (broad SMARTS) is 1. The van der Waals surface area contributed by atoms with E-state index < -0.39 is 33.3 Å². The van der Waals surface area contributed by atoms with Crippen molar-refractivity contribution in [3.05, 3.63) is 11.6 Å². The molecule has 0 aliphatic carbocycles. The molecule has 0 aromatic heterocycles. The fraction of sp³-hybridized carbons (Fsp3) is 0.769. The van der Waals surface area contributed by atoms with Gasteiger partial charge in [-0.2, -0.15) is 0 Å². The quantitative estimate of drug-likeness (QED) is 0.493. The third kappa shape index (κ3) is 8.85. The maximum atomic E-state index is 10.8. The first-order valence-electron chi connectivity index (χ1n) is 7.48. The maximum Gasteiger partial charge on any atom is 0.330 e. The van der Waals surface area contributed by atoms with Crippen molar-refractivity contribution in [1.29, 1.82) is 0 Å². The highest BCUT2D eigenvalue weighted by Gasteiger charge is 2.26. The van der Waals surface area contributed by atoms with Gasteiger partial charge in [-0.3, -0.25) is 0 Å². The van der Waals surface area contributed by atoms with Crippen LogP contribution in [0.2, 0.25) is 31.7 Å². The summed E-state index contributed by atoms with van der Waals surface area (Å²) in [5, 5.41) is 8.85. The lowest BCUT2D eigenvalue weighted by Gasteiger charge is -2.28. The summed E-state index contributed by atoms with van der Waals surface area (Å²) in [6.45, 7) is 12.6. The van der Waals surface area contributed by atoms with E-state index in [1.807, 2.05) is 6.08 Å². The predicted molar refractivity (Wildman–Crippen MR) is 91.7 cm³/mol. The molecule has 20 heavy (non-hydrogen) atoms. The summed E-state index contributed by atoms with van der Waals surface area (Å²) in [5.41, 5.74) is 0.911. The molecule has 0 radical (unpaired) electrons. The van der Waals surface area contributed by atoms with E-state index >= 15 is 0 Å². The van der Waals surface area contributed by atoms with Crippen molar-refractivity contribution in [2.75, 3.05) is 0 Å². The molecule has 118 valence electrons. The molecule has 0 amide bonds. The van der Waals surface area contributed by atoms with Gasteiger partial charge in [0.25, 0.3) is 0 Å². The van der Waals surface area contributed by atoms with Gasteiger partial charge in [-0.15, -0.1) is 0 Å². The Morgan fingerprint density at radius 3 is 2.05 bits per heavy atom. The van der Waals surface area contributed by atoms with Crippen LogP contribution in [0.3, 0.4) is 0 Å². The number of allylic oxidation sites excluding steroid dienone is 1. The monoisotopic (exact) mass is 334 g/mol. The minimum Gasteiger partial charge on any atom is -0.478 e. The van der Waals surface area contributed by atoms with Crippen LogP contribution in [-0.4, -0.2) is 38.4 Å². The van der Waals surface area contributed by atoms with Crippen molar-refractivity contribution >= 4 is 33.3 Å². The van der Waals surface area contributed by atoms with Crippen molar-refractivity contribution in [1.82, 2.24) is 0 Å². The van der Waals surface area contributed by atoms with Crippen LogP contribution in [0.25, 0.3) is 0 Å². The zero-order chi connectivity index (χ0) is 15.7. The van der Waals surface area contributed by atoms with E-state index in [1.54, 1.807) is 6.92 Å². The highest BCUT2D eigenvalue weighted by molar-refractivity contribution is 6.68. The third-order valence-corrected chi connectivity index (χ3v) is 11.1. The second-order valence-electron chi connectivity index (χ2n) is 5.68. The molecule has 7 heteroatoms. The summed E-state index contributed by atoms with van der Waals surface area (Å²) in [7, 11) is -3.76. The number of carbonyl (C=O) groups is 1. The lowest BCUT2D eigenvalue weighted by Crippen LogP contribution is -2.36. The van der Waals surface area contributed by atoms with Crippen LogP contribution in [0.15, 0.2) is 11.6 Å². The predicted octanol–water partition coefficient (Wildman–Crippen LogP) is 2.80. The van der Waals surface area contributed by atoms with Gasteiger partial charge in [-0.05, 0) is 51.5 Å². The molecule has 0 bridgehead atoms. The third-order valence-electron chi connectivity index (χ3n) is 3.05. The first-order valence-corrected chi connectivity index (χ1v) is 14.7. The van der Waals surface area contributed by atoms with E-state index in [0.29, 0.717) is 11.1 Å². The van der Waals surface area contributed by atoms with Crippen LogP contribution < -0.4 is 0 Å². The molecule has 0 fully saturated rings. The lowest BCUT2D eigenvalue weighted by atomic mass is 10.1.